The van der Waals surface area contributed by atoms with E-state index in [4.69, 9.17) is 4.74 Å². The summed E-state index contributed by atoms with van der Waals surface area (Å²) in [6.07, 6.45) is 2.41. The lowest BCUT2D eigenvalue weighted by atomic mass is 9.85. The number of non-ortho nitro benzene ring substituents is 1. The van der Waals surface area contributed by atoms with E-state index < -0.39 is 10.8 Å². The molecule has 1 amide bonds. The number of hydrogen-bond donors (Lipinski definition) is 2. The Kier molecular flexibility index (Phi) is 6.38. The molecule has 3 aromatic carbocycles. The Morgan fingerprint density at radius 1 is 1.03 bits per heavy atom. The first-order chi connectivity index (χ1) is 16.6. The number of ketones is 1. The third kappa shape index (κ3) is 5.38. The molecule has 8 nitrogen and oxygen atoms in total. The molecule has 1 heterocycles. The summed E-state index contributed by atoms with van der Waals surface area (Å²) in [7, 11) is 1.61. The molecule has 0 saturated carbocycles. The summed E-state index contributed by atoms with van der Waals surface area (Å²) in [5.74, 6) is 0.143. The lowest BCUT2D eigenvalue weighted by molar-refractivity contribution is -0.384. The Labute approximate surface area is 202 Å². The maximum atomic E-state index is 13.0. The number of anilines is 1. The molecule has 3 aromatic rings. The van der Waals surface area contributed by atoms with Gasteiger partial charge in [-0.15, -0.1) is 0 Å². The van der Waals surface area contributed by atoms with Gasteiger partial charge >= 0.3 is 0 Å². The maximum absolute atomic E-state index is 13.0. The van der Waals surface area contributed by atoms with Gasteiger partial charge in [0.25, 0.3) is 11.6 Å². The zero-order chi connectivity index (χ0) is 25.2. The summed E-state index contributed by atoms with van der Waals surface area (Å²) < 4.78 is 5.36. The molecule has 0 fully saturated rings. The van der Waals surface area contributed by atoms with Crippen molar-refractivity contribution in [2.24, 2.45) is 0 Å². The van der Waals surface area contributed by atoms with Crippen LogP contribution in [-0.2, 0) is 6.42 Å². The van der Waals surface area contributed by atoms with Crippen LogP contribution < -0.4 is 15.4 Å². The van der Waals surface area contributed by atoms with Crippen molar-refractivity contribution < 1.29 is 19.2 Å². The normalized spacial score (nSPS) is 15.0. The van der Waals surface area contributed by atoms with Gasteiger partial charge in [0.2, 0.25) is 0 Å². The molecule has 0 saturated heterocycles. The van der Waals surface area contributed by atoms with Gasteiger partial charge in [-0.2, -0.15) is 0 Å². The summed E-state index contributed by atoms with van der Waals surface area (Å²) >= 11 is 0. The number of fused-ring (bicyclic) bond motifs is 1. The highest BCUT2D eigenvalue weighted by Gasteiger charge is 2.28. The number of hydrogen-bond acceptors (Lipinski definition) is 6. The van der Waals surface area contributed by atoms with Crippen LogP contribution in [-0.4, -0.2) is 29.3 Å². The quantitative estimate of drug-likeness (QED) is 0.226. The number of nitro groups is 1. The third-order valence-electron chi connectivity index (χ3n) is 5.76. The van der Waals surface area contributed by atoms with Crippen LogP contribution in [0.25, 0.3) is 5.70 Å². The molecule has 2 N–H and O–H groups in total. The van der Waals surface area contributed by atoms with Gasteiger partial charge in [-0.1, -0.05) is 6.07 Å². The Morgan fingerprint density at radius 3 is 2.31 bits per heavy atom. The largest absolute Gasteiger partial charge is 0.497 e. The van der Waals surface area contributed by atoms with Crippen LogP contribution >= 0.6 is 0 Å². The van der Waals surface area contributed by atoms with E-state index in [1.54, 1.807) is 37.5 Å². The van der Waals surface area contributed by atoms with E-state index in [0.717, 1.165) is 29.0 Å². The summed E-state index contributed by atoms with van der Waals surface area (Å²) in [5.41, 5.74) is 3.78. The number of nitro benzene ring substituents is 1. The van der Waals surface area contributed by atoms with Crippen LogP contribution in [0.5, 0.6) is 5.75 Å². The molecule has 178 valence electrons. The van der Waals surface area contributed by atoms with E-state index in [0.29, 0.717) is 16.8 Å². The predicted octanol–water partition coefficient (Wildman–Crippen LogP) is 5.00. The van der Waals surface area contributed by atoms with Gasteiger partial charge in [0.1, 0.15) is 5.75 Å². The van der Waals surface area contributed by atoms with E-state index in [-0.39, 0.29) is 17.0 Å². The Bertz CT molecular complexity index is 1330. The summed E-state index contributed by atoms with van der Waals surface area (Å²) in [6.45, 7) is 4.17. The predicted molar refractivity (Wildman–Crippen MR) is 134 cm³/mol. The van der Waals surface area contributed by atoms with Crippen LogP contribution in [0.4, 0.5) is 11.4 Å². The third-order valence-corrected chi connectivity index (χ3v) is 5.76. The number of nitrogens with one attached hydrogen (secondary N) is 2. The monoisotopic (exact) mass is 471 g/mol. The molecule has 0 aromatic heterocycles. The number of ether oxygens (including phenoxy) is 1. The van der Waals surface area contributed by atoms with E-state index in [1.807, 2.05) is 18.2 Å². The molecule has 0 radical (unpaired) electrons. The number of allylic oxidation sites excluding steroid dienone is 1. The minimum atomic E-state index is -0.522. The van der Waals surface area contributed by atoms with Gasteiger partial charge in [0, 0.05) is 51.8 Å². The molecule has 1 aliphatic rings. The van der Waals surface area contributed by atoms with Crippen molar-refractivity contribution in [3.63, 3.8) is 0 Å². The lowest BCUT2D eigenvalue weighted by Crippen LogP contribution is -2.43. The first-order valence-corrected chi connectivity index (χ1v) is 11.0. The molecule has 1 aliphatic heterocycles. The molecule has 0 bridgehead atoms. The minimum absolute atomic E-state index is 0.0876. The molecular formula is C27H25N3O5. The number of nitrogens with zero attached hydrogens (tertiary/aromatic N) is 1. The van der Waals surface area contributed by atoms with Gasteiger partial charge in [-0.25, -0.2) is 0 Å². The fraction of sp³-hybridized carbons (Fsp3) is 0.185. The molecule has 8 heteroatoms. The smallest absolute Gasteiger partial charge is 0.269 e. The standard InChI is InChI=1S/C27H25N3O5/c1-27(2)16-19-8-13-22(35-3)14-23(19)24(29-27)15-25(31)17-4-9-20(10-5-17)28-26(32)18-6-11-21(12-7-18)30(33)34/h4-15,29H,16H2,1-3H3,(H,28,32)/b24-15-. The maximum Gasteiger partial charge on any atom is 0.269 e. The van der Waals surface area contributed by atoms with Gasteiger partial charge in [-0.3, -0.25) is 19.7 Å². The van der Waals surface area contributed by atoms with Crippen molar-refractivity contribution in [3.05, 3.63) is 105 Å². The van der Waals surface area contributed by atoms with Crippen molar-refractivity contribution in [2.45, 2.75) is 25.8 Å². The van der Waals surface area contributed by atoms with E-state index >= 15 is 0 Å². The Balaban J connectivity index is 1.51. The summed E-state index contributed by atoms with van der Waals surface area (Å²) in [5, 5.41) is 17.0. The number of benzene rings is 3. The summed E-state index contributed by atoms with van der Waals surface area (Å²) in [4.78, 5) is 35.7. The van der Waals surface area contributed by atoms with Crippen molar-refractivity contribution >= 4 is 28.8 Å². The molecule has 0 atom stereocenters. The number of carbonyl (C=O) groups is 2. The second-order valence-electron chi connectivity index (χ2n) is 8.97. The fourth-order valence-electron chi connectivity index (χ4n) is 4.02. The highest BCUT2D eigenvalue weighted by Crippen LogP contribution is 2.32. The van der Waals surface area contributed by atoms with Crippen LogP contribution in [0.3, 0.4) is 0 Å². The number of rotatable bonds is 6. The first kappa shape index (κ1) is 23.7. The highest BCUT2D eigenvalue weighted by molar-refractivity contribution is 6.09. The average Bonchev–Trinajstić information content (AvgIpc) is 2.83. The molecule has 0 spiro atoms. The number of carbonyl (C=O) groups excluding carboxylic acids is 2. The SMILES string of the molecule is COc1ccc2c(c1)/C(=C/C(=O)c1ccc(NC(=O)c3ccc([N+](=O)[O-])cc3)cc1)NC(C)(C)C2. The van der Waals surface area contributed by atoms with Crippen LogP contribution in [0.1, 0.15) is 45.7 Å². The topological polar surface area (TPSA) is 111 Å². The zero-order valence-corrected chi connectivity index (χ0v) is 19.6. The molecule has 0 unspecified atom stereocenters. The molecular weight excluding hydrogens is 446 g/mol. The fourth-order valence-corrected chi connectivity index (χ4v) is 4.02. The van der Waals surface area contributed by atoms with Crippen molar-refractivity contribution in [3.8, 4) is 5.75 Å². The first-order valence-electron chi connectivity index (χ1n) is 11.0. The van der Waals surface area contributed by atoms with Crippen LogP contribution in [0, 0.1) is 10.1 Å². The van der Waals surface area contributed by atoms with Crippen molar-refractivity contribution in [1.82, 2.24) is 5.32 Å². The van der Waals surface area contributed by atoms with Gasteiger partial charge in [-0.05, 0) is 74.4 Å². The second kappa shape index (κ2) is 9.42. The lowest BCUT2D eigenvalue weighted by Gasteiger charge is -2.35. The Hall–Kier alpha value is -4.46. The van der Waals surface area contributed by atoms with Gasteiger partial charge in [0.05, 0.1) is 12.0 Å². The van der Waals surface area contributed by atoms with Crippen LogP contribution in [0.2, 0.25) is 0 Å². The zero-order valence-electron chi connectivity index (χ0n) is 19.6. The number of amides is 1. The van der Waals surface area contributed by atoms with E-state index in [1.165, 1.54) is 24.3 Å². The highest BCUT2D eigenvalue weighted by atomic mass is 16.6. The van der Waals surface area contributed by atoms with Crippen LogP contribution in [0.15, 0.2) is 72.8 Å². The van der Waals surface area contributed by atoms with Crippen molar-refractivity contribution in [2.75, 3.05) is 12.4 Å². The summed E-state index contributed by atoms with van der Waals surface area (Å²) in [6, 6.07) is 17.8. The van der Waals surface area contributed by atoms with Gasteiger partial charge in [0.15, 0.2) is 5.78 Å². The Morgan fingerprint density at radius 2 is 1.69 bits per heavy atom. The average molecular weight is 472 g/mol. The second-order valence-corrected chi connectivity index (χ2v) is 8.97. The van der Waals surface area contributed by atoms with Crippen molar-refractivity contribution in [1.29, 1.82) is 0 Å². The van der Waals surface area contributed by atoms with Gasteiger partial charge < -0.3 is 15.4 Å². The molecule has 0 aliphatic carbocycles. The molecule has 4 rings (SSSR count). The number of methoxy groups -OCH3 is 1. The minimum Gasteiger partial charge on any atom is -0.497 e. The van der Waals surface area contributed by atoms with E-state index in [2.05, 4.69) is 24.5 Å². The molecule has 35 heavy (non-hydrogen) atoms. The van der Waals surface area contributed by atoms with E-state index in [9.17, 15) is 19.7 Å².